The van der Waals surface area contributed by atoms with Crippen LogP contribution in [-0.2, 0) is 0 Å². The third-order valence-electron chi connectivity index (χ3n) is 3.43. The van der Waals surface area contributed by atoms with Crippen LogP contribution in [0, 0.1) is 0 Å². The van der Waals surface area contributed by atoms with E-state index in [4.69, 9.17) is 21.4 Å². The van der Waals surface area contributed by atoms with E-state index < -0.39 is 0 Å². The summed E-state index contributed by atoms with van der Waals surface area (Å²) in [5.41, 5.74) is 1.70. The molecule has 2 aromatic rings. The number of carbonyl (C=O) groups excluding carboxylic acids is 1. The molecule has 0 fully saturated rings. The van der Waals surface area contributed by atoms with Gasteiger partial charge >= 0.3 is 0 Å². The van der Waals surface area contributed by atoms with Crippen LogP contribution in [0.15, 0.2) is 48.5 Å². The maximum atomic E-state index is 12.5. The fourth-order valence-electron chi connectivity index (χ4n) is 2.21. The highest BCUT2D eigenvalue weighted by molar-refractivity contribution is 7.99. The smallest absolute Gasteiger partial charge is 0.164 e. The van der Waals surface area contributed by atoms with Crippen LogP contribution in [-0.4, -0.2) is 30.4 Å². The SMILES string of the molecule is COc1ccc(C(CC(=O)c2ccc(Cl)cc2)SCCO)cc1. The summed E-state index contributed by atoms with van der Waals surface area (Å²) < 4.78 is 5.17. The van der Waals surface area contributed by atoms with E-state index in [-0.39, 0.29) is 17.6 Å². The summed E-state index contributed by atoms with van der Waals surface area (Å²) in [6.07, 6.45) is 0.374. The number of hydrogen-bond donors (Lipinski definition) is 1. The molecule has 3 nitrogen and oxygen atoms in total. The van der Waals surface area contributed by atoms with Crippen molar-refractivity contribution in [2.45, 2.75) is 11.7 Å². The number of aliphatic hydroxyl groups excluding tert-OH is 1. The molecule has 0 radical (unpaired) electrons. The van der Waals surface area contributed by atoms with Gasteiger partial charge in [0.1, 0.15) is 5.75 Å². The predicted octanol–water partition coefficient (Wildman–Crippen LogP) is 4.39. The zero-order valence-corrected chi connectivity index (χ0v) is 14.4. The van der Waals surface area contributed by atoms with Crippen molar-refractivity contribution in [1.29, 1.82) is 0 Å². The largest absolute Gasteiger partial charge is 0.497 e. The Kier molecular flexibility index (Phi) is 6.96. The van der Waals surface area contributed by atoms with E-state index in [1.807, 2.05) is 24.3 Å². The van der Waals surface area contributed by atoms with Gasteiger partial charge < -0.3 is 9.84 Å². The van der Waals surface area contributed by atoms with E-state index in [1.165, 1.54) is 0 Å². The Morgan fingerprint density at radius 1 is 1.17 bits per heavy atom. The maximum Gasteiger partial charge on any atom is 0.164 e. The highest BCUT2D eigenvalue weighted by Gasteiger charge is 2.18. The Hall–Kier alpha value is -1.49. The van der Waals surface area contributed by atoms with Crippen LogP contribution in [0.3, 0.4) is 0 Å². The van der Waals surface area contributed by atoms with Gasteiger partial charge in [0.05, 0.1) is 13.7 Å². The van der Waals surface area contributed by atoms with Gasteiger partial charge in [-0.2, -0.15) is 11.8 Å². The van der Waals surface area contributed by atoms with Gasteiger partial charge in [0, 0.05) is 28.0 Å². The lowest BCUT2D eigenvalue weighted by Gasteiger charge is -2.16. The zero-order valence-electron chi connectivity index (χ0n) is 12.9. The summed E-state index contributed by atoms with van der Waals surface area (Å²) in [6, 6.07) is 14.6. The van der Waals surface area contributed by atoms with Crippen molar-refractivity contribution in [2.75, 3.05) is 19.5 Å². The minimum Gasteiger partial charge on any atom is -0.497 e. The van der Waals surface area contributed by atoms with Gasteiger partial charge in [-0.15, -0.1) is 0 Å². The lowest BCUT2D eigenvalue weighted by molar-refractivity contribution is 0.0982. The third kappa shape index (κ3) is 5.27. The second kappa shape index (κ2) is 8.96. The summed E-state index contributed by atoms with van der Waals surface area (Å²) in [7, 11) is 1.62. The number of aliphatic hydroxyl groups is 1. The van der Waals surface area contributed by atoms with E-state index >= 15 is 0 Å². The molecule has 2 rings (SSSR count). The zero-order chi connectivity index (χ0) is 16.7. The van der Waals surface area contributed by atoms with Crippen molar-refractivity contribution >= 4 is 29.1 Å². The Morgan fingerprint density at radius 3 is 2.39 bits per heavy atom. The number of ether oxygens (including phenoxy) is 1. The molecule has 0 saturated heterocycles. The molecule has 23 heavy (non-hydrogen) atoms. The van der Waals surface area contributed by atoms with E-state index in [0.29, 0.717) is 22.8 Å². The third-order valence-corrected chi connectivity index (χ3v) is 4.95. The van der Waals surface area contributed by atoms with Crippen LogP contribution < -0.4 is 4.74 Å². The lowest BCUT2D eigenvalue weighted by Crippen LogP contribution is -2.07. The quantitative estimate of drug-likeness (QED) is 0.717. The molecule has 1 N–H and O–H groups in total. The molecule has 5 heteroatoms. The molecule has 0 amide bonds. The molecular weight excluding hydrogens is 332 g/mol. The highest BCUT2D eigenvalue weighted by Crippen LogP contribution is 2.34. The molecular formula is C18H19ClO3S. The van der Waals surface area contributed by atoms with Crippen LogP contribution in [0.5, 0.6) is 5.75 Å². The second-order valence-corrected chi connectivity index (χ2v) is 6.74. The number of benzene rings is 2. The van der Waals surface area contributed by atoms with Crippen molar-refractivity contribution in [3.63, 3.8) is 0 Å². The molecule has 0 aliphatic rings. The molecule has 0 bridgehead atoms. The average molecular weight is 351 g/mol. The van der Waals surface area contributed by atoms with Crippen LogP contribution in [0.4, 0.5) is 0 Å². The molecule has 122 valence electrons. The van der Waals surface area contributed by atoms with Crippen molar-refractivity contribution in [3.05, 3.63) is 64.7 Å². The lowest BCUT2D eigenvalue weighted by atomic mass is 10.0. The van der Waals surface area contributed by atoms with E-state index in [2.05, 4.69) is 0 Å². The minimum atomic E-state index is -0.00349. The summed E-state index contributed by atoms with van der Waals surface area (Å²) in [6.45, 7) is 0.0897. The molecule has 1 atom stereocenters. The number of Topliss-reactive ketones (excluding diaryl/α,β-unsaturated/α-hetero) is 1. The first-order valence-corrected chi connectivity index (χ1v) is 8.72. The normalized spacial score (nSPS) is 12.0. The molecule has 0 aromatic heterocycles. The first kappa shape index (κ1) is 17.9. The van der Waals surface area contributed by atoms with Gasteiger partial charge in [0.15, 0.2) is 5.78 Å². The Bertz CT molecular complexity index is 626. The fraction of sp³-hybridized carbons (Fsp3) is 0.278. The Labute approximate surface area is 145 Å². The van der Waals surface area contributed by atoms with Crippen molar-refractivity contribution in [3.8, 4) is 5.75 Å². The van der Waals surface area contributed by atoms with E-state index in [9.17, 15) is 4.79 Å². The topological polar surface area (TPSA) is 46.5 Å². The molecule has 0 saturated carbocycles. The van der Waals surface area contributed by atoms with Gasteiger partial charge in [-0.3, -0.25) is 4.79 Å². The number of rotatable bonds is 8. The summed E-state index contributed by atoms with van der Waals surface area (Å²) in [5, 5.41) is 9.70. The number of hydrogen-bond acceptors (Lipinski definition) is 4. The number of methoxy groups -OCH3 is 1. The first-order chi connectivity index (χ1) is 11.1. The Balaban J connectivity index is 2.13. The van der Waals surface area contributed by atoms with Gasteiger partial charge in [-0.25, -0.2) is 0 Å². The monoisotopic (exact) mass is 350 g/mol. The number of halogens is 1. The van der Waals surface area contributed by atoms with Crippen molar-refractivity contribution in [2.24, 2.45) is 0 Å². The van der Waals surface area contributed by atoms with Gasteiger partial charge in [0.2, 0.25) is 0 Å². The van der Waals surface area contributed by atoms with Crippen LogP contribution in [0.2, 0.25) is 5.02 Å². The van der Waals surface area contributed by atoms with Gasteiger partial charge in [-0.05, 0) is 42.0 Å². The summed E-state index contributed by atoms with van der Waals surface area (Å²) in [5.74, 6) is 1.43. The molecule has 0 heterocycles. The average Bonchev–Trinajstić information content (AvgIpc) is 2.59. The van der Waals surface area contributed by atoms with Crippen LogP contribution in [0.1, 0.15) is 27.6 Å². The maximum absolute atomic E-state index is 12.5. The van der Waals surface area contributed by atoms with Gasteiger partial charge in [0.25, 0.3) is 0 Å². The van der Waals surface area contributed by atoms with E-state index in [0.717, 1.165) is 11.3 Å². The van der Waals surface area contributed by atoms with Crippen LogP contribution in [0.25, 0.3) is 0 Å². The molecule has 0 aliphatic heterocycles. The molecule has 0 spiro atoms. The van der Waals surface area contributed by atoms with Crippen molar-refractivity contribution in [1.82, 2.24) is 0 Å². The first-order valence-electron chi connectivity index (χ1n) is 7.29. The molecule has 1 unspecified atom stereocenters. The summed E-state index contributed by atoms with van der Waals surface area (Å²) >= 11 is 7.44. The number of carbonyl (C=O) groups is 1. The predicted molar refractivity (Wildman–Crippen MR) is 95.7 cm³/mol. The number of thioether (sulfide) groups is 1. The molecule has 0 aliphatic carbocycles. The summed E-state index contributed by atoms with van der Waals surface area (Å²) in [4.78, 5) is 12.5. The van der Waals surface area contributed by atoms with Gasteiger partial charge in [-0.1, -0.05) is 23.7 Å². The number of ketones is 1. The highest BCUT2D eigenvalue weighted by atomic mass is 35.5. The minimum absolute atomic E-state index is 0.00349. The fourth-order valence-corrected chi connectivity index (χ4v) is 3.34. The Morgan fingerprint density at radius 2 is 1.83 bits per heavy atom. The standard InChI is InChI=1S/C18H19ClO3S/c1-22-16-8-4-14(5-9-16)18(23-11-10-20)12-17(21)13-2-6-15(19)7-3-13/h2-9,18,20H,10-12H2,1H3. The van der Waals surface area contributed by atoms with E-state index in [1.54, 1.807) is 43.1 Å². The molecule has 2 aromatic carbocycles. The second-order valence-electron chi connectivity index (χ2n) is 4.99. The van der Waals surface area contributed by atoms with Crippen LogP contribution >= 0.6 is 23.4 Å². The van der Waals surface area contributed by atoms with Crippen molar-refractivity contribution < 1.29 is 14.6 Å².